The van der Waals surface area contributed by atoms with E-state index in [0.717, 1.165) is 0 Å². The van der Waals surface area contributed by atoms with E-state index in [1.165, 1.54) is 0 Å². The predicted octanol–water partition coefficient (Wildman–Crippen LogP) is 1.87. The van der Waals surface area contributed by atoms with Crippen LogP contribution >= 0.6 is 0 Å². The number of benzene rings is 1. The maximum absolute atomic E-state index is 12.9. The number of rotatable bonds is 1. The Bertz CT molecular complexity index is 325. The van der Waals surface area contributed by atoms with Crippen LogP contribution in [0, 0.1) is 0 Å². The van der Waals surface area contributed by atoms with Gasteiger partial charge in [-0.05, 0) is 18.6 Å². The van der Waals surface area contributed by atoms with Crippen LogP contribution in [-0.2, 0) is 0 Å². The third-order valence-corrected chi connectivity index (χ3v) is 2.44. The second-order valence-electron chi connectivity index (χ2n) is 3.50. The number of carbonyl (C=O) groups is 1. The zero-order chi connectivity index (χ0) is 9.97. The molecular weight excluding hydrogens is 181 g/mol. The van der Waals surface area contributed by atoms with Crippen LogP contribution in [0.3, 0.4) is 0 Å². The molecule has 1 saturated heterocycles. The fraction of sp³-hybridized carbons (Fsp3) is 0.364. The molecule has 1 aliphatic rings. The predicted molar refractivity (Wildman–Crippen MR) is 51.9 cm³/mol. The summed E-state index contributed by atoms with van der Waals surface area (Å²) in [6.07, 6.45) is -0.374. The van der Waals surface area contributed by atoms with Crippen molar-refractivity contribution in [3.63, 3.8) is 0 Å². The molecule has 0 radical (unpaired) electrons. The Hall–Kier alpha value is -1.38. The third kappa shape index (κ3) is 1.76. The second-order valence-corrected chi connectivity index (χ2v) is 3.50. The lowest BCUT2D eigenvalue weighted by molar-refractivity contribution is 0.0783. The Morgan fingerprint density at radius 3 is 2.64 bits per heavy atom. The molecule has 1 amide bonds. The number of alkyl halides is 1. The van der Waals surface area contributed by atoms with Gasteiger partial charge in [-0.3, -0.25) is 4.79 Å². The maximum atomic E-state index is 12.9. The summed E-state index contributed by atoms with van der Waals surface area (Å²) >= 11 is 0. The second kappa shape index (κ2) is 3.78. The molecular formula is C11H12FNO. The van der Waals surface area contributed by atoms with Gasteiger partial charge in [-0.15, -0.1) is 0 Å². The summed E-state index contributed by atoms with van der Waals surface area (Å²) < 4.78 is 12.9. The Kier molecular flexibility index (Phi) is 2.48. The summed E-state index contributed by atoms with van der Waals surface area (Å²) in [6, 6.07) is 9.01. The van der Waals surface area contributed by atoms with E-state index in [9.17, 15) is 9.18 Å². The highest BCUT2D eigenvalue weighted by Gasteiger charge is 2.26. The van der Waals surface area contributed by atoms with Crippen LogP contribution in [0.2, 0.25) is 0 Å². The zero-order valence-corrected chi connectivity index (χ0v) is 7.82. The summed E-state index contributed by atoms with van der Waals surface area (Å²) in [6.45, 7) is 0.780. The van der Waals surface area contributed by atoms with E-state index in [0.29, 0.717) is 18.5 Å². The van der Waals surface area contributed by atoms with Crippen molar-refractivity contribution < 1.29 is 9.18 Å². The molecule has 1 fully saturated rings. The summed E-state index contributed by atoms with van der Waals surface area (Å²) in [5.74, 6) is -0.0641. The topological polar surface area (TPSA) is 20.3 Å². The SMILES string of the molecule is O=C(c1ccccc1)N1CCC(F)C1. The molecule has 1 aliphatic heterocycles. The van der Waals surface area contributed by atoms with Gasteiger partial charge in [0.15, 0.2) is 0 Å². The molecule has 2 rings (SSSR count). The van der Waals surface area contributed by atoms with Crippen LogP contribution in [-0.4, -0.2) is 30.1 Å². The van der Waals surface area contributed by atoms with Crippen LogP contribution in [0.25, 0.3) is 0 Å². The van der Waals surface area contributed by atoms with Gasteiger partial charge in [0.05, 0.1) is 6.54 Å². The zero-order valence-electron chi connectivity index (χ0n) is 7.82. The molecule has 0 aliphatic carbocycles. The van der Waals surface area contributed by atoms with E-state index in [1.54, 1.807) is 17.0 Å². The molecule has 2 nitrogen and oxygen atoms in total. The smallest absolute Gasteiger partial charge is 0.253 e. The van der Waals surface area contributed by atoms with E-state index < -0.39 is 6.17 Å². The first-order valence-corrected chi connectivity index (χ1v) is 4.76. The van der Waals surface area contributed by atoms with Gasteiger partial charge >= 0.3 is 0 Å². The first kappa shape index (κ1) is 9.19. The summed E-state index contributed by atoms with van der Waals surface area (Å²) in [4.78, 5) is 13.3. The number of amides is 1. The molecule has 3 heteroatoms. The Morgan fingerprint density at radius 2 is 2.07 bits per heavy atom. The first-order chi connectivity index (χ1) is 6.77. The van der Waals surface area contributed by atoms with Crippen molar-refractivity contribution in [3.05, 3.63) is 35.9 Å². The van der Waals surface area contributed by atoms with Gasteiger partial charge in [0.1, 0.15) is 6.17 Å². The van der Waals surface area contributed by atoms with Crippen LogP contribution in [0.1, 0.15) is 16.8 Å². The fourth-order valence-corrected chi connectivity index (χ4v) is 1.67. The lowest BCUT2D eigenvalue weighted by Gasteiger charge is -2.14. The van der Waals surface area contributed by atoms with E-state index in [-0.39, 0.29) is 12.5 Å². The average Bonchev–Trinajstić information content (AvgIpc) is 2.65. The molecule has 1 aromatic rings. The van der Waals surface area contributed by atoms with E-state index in [1.807, 2.05) is 18.2 Å². The number of nitrogens with zero attached hydrogens (tertiary/aromatic N) is 1. The molecule has 74 valence electrons. The van der Waals surface area contributed by atoms with Crippen molar-refractivity contribution >= 4 is 5.91 Å². The number of likely N-dealkylation sites (tertiary alicyclic amines) is 1. The van der Waals surface area contributed by atoms with E-state index in [2.05, 4.69) is 0 Å². The Labute approximate surface area is 82.3 Å². The number of halogens is 1. The maximum Gasteiger partial charge on any atom is 0.253 e. The quantitative estimate of drug-likeness (QED) is 0.666. The van der Waals surface area contributed by atoms with E-state index in [4.69, 9.17) is 0 Å². The Balaban J connectivity index is 2.10. The van der Waals surface area contributed by atoms with Crippen molar-refractivity contribution in [2.75, 3.05) is 13.1 Å². The molecule has 1 unspecified atom stereocenters. The standard InChI is InChI=1S/C11H12FNO/c12-10-6-7-13(8-10)11(14)9-4-2-1-3-5-9/h1-5,10H,6-8H2. The molecule has 0 N–H and O–H groups in total. The highest BCUT2D eigenvalue weighted by atomic mass is 19.1. The van der Waals surface area contributed by atoms with Crippen LogP contribution in [0.5, 0.6) is 0 Å². The third-order valence-electron chi connectivity index (χ3n) is 2.44. The van der Waals surface area contributed by atoms with Gasteiger partial charge in [0, 0.05) is 12.1 Å². The number of carbonyl (C=O) groups excluding carboxylic acids is 1. The molecule has 1 aromatic carbocycles. The minimum absolute atomic E-state index is 0.0641. The molecule has 0 spiro atoms. The molecule has 1 atom stereocenters. The van der Waals surface area contributed by atoms with Gasteiger partial charge < -0.3 is 4.90 Å². The van der Waals surface area contributed by atoms with Crippen LogP contribution < -0.4 is 0 Å². The highest BCUT2D eigenvalue weighted by molar-refractivity contribution is 5.94. The summed E-state index contributed by atoms with van der Waals surface area (Å²) in [7, 11) is 0. The molecule has 0 bridgehead atoms. The van der Waals surface area contributed by atoms with Crippen molar-refractivity contribution in [1.29, 1.82) is 0 Å². The van der Waals surface area contributed by atoms with E-state index >= 15 is 0 Å². The monoisotopic (exact) mass is 193 g/mol. The van der Waals surface area contributed by atoms with Gasteiger partial charge in [-0.1, -0.05) is 18.2 Å². The first-order valence-electron chi connectivity index (χ1n) is 4.76. The molecule has 0 aromatic heterocycles. The van der Waals surface area contributed by atoms with Crippen molar-refractivity contribution in [2.45, 2.75) is 12.6 Å². The Morgan fingerprint density at radius 1 is 1.36 bits per heavy atom. The van der Waals surface area contributed by atoms with Gasteiger partial charge in [0.25, 0.3) is 5.91 Å². The van der Waals surface area contributed by atoms with Crippen LogP contribution in [0.4, 0.5) is 4.39 Å². The lowest BCUT2D eigenvalue weighted by atomic mass is 10.2. The van der Waals surface area contributed by atoms with Gasteiger partial charge in [-0.25, -0.2) is 4.39 Å². The summed E-state index contributed by atoms with van der Waals surface area (Å²) in [5.41, 5.74) is 0.640. The number of hydrogen-bond acceptors (Lipinski definition) is 1. The van der Waals surface area contributed by atoms with Gasteiger partial charge in [0.2, 0.25) is 0 Å². The minimum atomic E-state index is -0.845. The largest absolute Gasteiger partial charge is 0.336 e. The molecule has 14 heavy (non-hydrogen) atoms. The molecule has 1 heterocycles. The number of hydrogen-bond donors (Lipinski definition) is 0. The van der Waals surface area contributed by atoms with Crippen LogP contribution in [0.15, 0.2) is 30.3 Å². The molecule has 0 saturated carbocycles. The van der Waals surface area contributed by atoms with Crippen molar-refractivity contribution in [1.82, 2.24) is 4.90 Å². The van der Waals surface area contributed by atoms with Gasteiger partial charge in [-0.2, -0.15) is 0 Å². The van der Waals surface area contributed by atoms with Crippen molar-refractivity contribution in [2.24, 2.45) is 0 Å². The highest BCUT2D eigenvalue weighted by Crippen LogP contribution is 2.15. The summed E-state index contributed by atoms with van der Waals surface area (Å²) in [5, 5.41) is 0. The fourth-order valence-electron chi connectivity index (χ4n) is 1.67. The van der Waals surface area contributed by atoms with Crippen molar-refractivity contribution in [3.8, 4) is 0 Å². The normalized spacial score (nSPS) is 21.2. The average molecular weight is 193 g/mol. The lowest BCUT2D eigenvalue weighted by Crippen LogP contribution is -2.28. The minimum Gasteiger partial charge on any atom is -0.336 e.